The highest BCUT2D eigenvalue weighted by atomic mass is 16.3. The molecule has 1 amide bonds. The van der Waals surface area contributed by atoms with Gasteiger partial charge in [-0.05, 0) is 19.3 Å². The zero-order valence-corrected chi connectivity index (χ0v) is 28.5. The van der Waals surface area contributed by atoms with E-state index >= 15 is 0 Å². The minimum absolute atomic E-state index is 0.0622. The fraction of sp³-hybridized carbons (Fsp3) is 0.921. The van der Waals surface area contributed by atoms with Crippen LogP contribution in [-0.2, 0) is 4.79 Å². The molecule has 0 heterocycles. The van der Waals surface area contributed by atoms with E-state index in [1.165, 1.54) is 161 Å². The normalized spacial score (nSPS) is 13.1. The Labute approximate surface area is 263 Å². The van der Waals surface area contributed by atoms with E-state index in [1.807, 2.05) is 6.08 Å². The Balaban J connectivity index is 3.57. The van der Waals surface area contributed by atoms with Gasteiger partial charge in [0.05, 0.1) is 18.8 Å². The van der Waals surface area contributed by atoms with Crippen LogP contribution in [0.5, 0.6) is 0 Å². The van der Waals surface area contributed by atoms with Crippen LogP contribution >= 0.6 is 0 Å². The number of unbranched alkanes of at least 4 members (excludes halogenated alkanes) is 27. The van der Waals surface area contributed by atoms with Crippen LogP contribution in [0.4, 0.5) is 0 Å². The monoisotopic (exact) mass is 594 g/mol. The van der Waals surface area contributed by atoms with Gasteiger partial charge in [-0.1, -0.05) is 193 Å². The largest absolute Gasteiger partial charge is 0.394 e. The van der Waals surface area contributed by atoms with Gasteiger partial charge >= 0.3 is 0 Å². The Bertz CT molecular complexity index is 565. The van der Waals surface area contributed by atoms with Crippen LogP contribution in [0.3, 0.4) is 0 Å². The highest BCUT2D eigenvalue weighted by molar-refractivity contribution is 5.76. The molecule has 0 aliphatic heterocycles. The van der Waals surface area contributed by atoms with Gasteiger partial charge in [0.25, 0.3) is 0 Å². The van der Waals surface area contributed by atoms with Gasteiger partial charge in [-0.15, -0.1) is 0 Å². The molecule has 0 fully saturated rings. The maximum atomic E-state index is 12.3. The molecule has 4 nitrogen and oxygen atoms in total. The van der Waals surface area contributed by atoms with Crippen LogP contribution in [0.15, 0.2) is 12.2 Å². The summed E-state index contributed by atoms with van der Waals surface area (Å²) in [5.74, 6) is -0.0622. The van der Waals surface area contributed by atoms with Crippen molar-refractivity contribution in [3.05, 3.63) is 12.2 Å². The first-order valence-electron chi connectivity index (χ1n) is 18.9. The van der Waals surface area contributed by atoms with E-state index in [1.54, 1.807) is 6.08 Å². The summed E-state index contributed by atoms with van der Waals surface area (Å²) in [5.41, 5.74) is 0. The van der Waals surface area contributed by atoms with Crippen molar-refractivity contribution in [2.45, 2.75) is 219 Å². The van der Waals surface area contributed by atoms with E-state index in [2.05, 4.69) is 19.2 Å². The molecule has 0 saturated heterocycles. The second kappa shape index (κ2) is 34.6. The number of hydrogen-bond acceptors (Lipinski definition) is 3. The third-order valence-electron chi connectivity index (χ3n) is 8.77. The van der Waals surface area contributed by atoms with Crippen molar-refractivity contribution in [3.8, 4) is 0 Å². The Kier molecular flexibility index (Phi) is 33.9. The summed E-state index contributed by atoms with van der Waals surface area (Å²) in [6, 6.07) is -0.614. The fourth-order valence-electron chi connectivity index (χ4n) is 5.82. The van der Waals surface area contributed by atoms with E-state index in [4.69, 9.17) is 0 Å². The molecule has 0 aromatic carbocycles. The number of carbonyl (C=O) groups is 1. The zero-order chi connectivity index (χ0) is 30.8. The number of amides is 1. The number of carbonyl (C=O) groups excluding carboxylic acids is 1. The number of allylic oxidation sites excluding steroid dienone is 1. The first-order valence-corrected chi connectivity index (χ1v) is 18.9. The molecule has 0 saturated carbocycles. The third kappa shape index (κ3) is 30.6. The van der Waals surface area contributed by atoms with Crippen LogP contribution in [0, 0.1) is 0 Å². The molecule has 0 rings (SSSR count). The Morgan fingerprint density at radius 3 is 1.24 bits per heavy atom. The van der Waals surface area contributed by atoms with E-state index in [0.29, 0.717) is 6.42 Å². The molecule has 2 atom stereocenters. The van der Waals surface area contributed by atoms with Crippen LogP contribution in [0.2, 0.25) is 0 Å². The average molecular weight is 594 g/mol. The lowest BCUT2D eigenvalue weighted by Crippen LogP contribution is -2.45. The number of aliphatic hydroxyl groups excluding tert-OH is 2. The Hall–Kier alpha value is -0.870. The van der Waals surface area contributed by atoms with E-state index in [-0.39, 0.29) is 12.5 Å². The molecule has 0 aromatic rings. The number of hydrogen-bond donors (Lipinski definition) is 3. The highest BCUT2D eigenvalue weighted by Crippen LogP contribution is 2.15. The van der Waals surface area contributed by atoms with Gasteiger partial charge in [0.2, 0.25) is 5.91 Å². The Morgan fingerprint density at radius 1 is 0.548 bits per heavy atom. The summed E-state index contributed by atoms with van der Waals surface area (Å²) in [7, 11) is 0. The van der Waals surface area contributed by atoms with Crippen LogP contribution in [0.25, 0.3) is 0 Å². The molecular weight excluding hydrogens is 518 g/mol. The highest BCUT2D eigenvalue weighted by Gasteiger charge is 2.17. The predicted molar refractivity (Wildman–Crippen MR) is 184 cm³/mol. The molecule has 0 radical (unpaired) electrons. The third-order valence-corrected chi connectivity index (χ3v) is 8.77. The summed E-state index contributed by atoms with van der Waals surface area (Å²) >= 11 is 0. The van der Waals surface area contributed by atoms with Crippen LogP contribution in [-0.4, -0.2) is 34.9 Å². The zero-order valence-electron chi connectivity index (χ0n) is 28.5. The summed E-state index contributed by atoms with van der Waals surface area (Å²) in [5, 5.41) is 22.9. The number of aliphatic hydroxyl groups is 2. The quantitative estimate of drug-likeness (QED) is 0.0513. The lowest BCUT2D eigenvalue weighted by atomic mass is 10.0. The first kappa shape index (κ1) is 41.1. The maximum Gasteiger partial charge on any atom is 0.220 e. The summed E-state index contributed by atoms with van der Waals surface area (Å²) in [4.78, 5) is 12.3. The molecular formula is C38H75NO3. The second-order valence-electron chi connectivity index (χ2n) is 13.0. The smallest absolute Gasteiger partial charge is 0.220 e. The summed E-state index contributed by atoms with van der Waals surface area (Å²) in [6.07, 6.45) is 41.5. The Morgan fingerprint density at radius 2 is 0.881 bits per heavy atom. The van der Waals surface area contributed by atoms with Crippen molar-refractivity contribution in [2.24, 2.45) is 0 Å². The molecule has 42 heavy (non-hydrogen) atoms. The fourth-order valence-corrected chi connectivity index (χ4v) is 5.82. The summed E-state index contributed by atoms with van der Waals surface area (Å²) < 4.78 is 0. The van der Waals surface area contributed by atoms with Crippen LogP contribution in [0.1, 0.15) is 206 Å². The predicted octanol–water partition coefficient (Wildman–Crippen LogP) is 11.1. The molecule has 4 heteroatoms. The van der Waals surface area contributed by atoms with Crippen molar-refractivity contribution in [2.75, 3.05) is 6.61 Å². The van der Waals surface area contributed by atoms with Crippen molar-refractivity contribution in [1.29, 1.82) is 0 Å². The molecule has 0 aliphatic carbocycles. The standard InChI is InChI=1S/C38H75NO3/c1-3-5-7-9-11-13-15-17-18-19-20-22-24-26-28-30-32-34-38(42)39-36(35-40)37(41)33-31-29-27-25-23-21-16-14-12-10-8-6-4-2/h31,33,36-37,40-41H,3-30,32,34-35H2,1-2H3,(H,39,42)/b33-31+/t36-,37?/m0/s1. The molecule has 0 aliphatic rings. The van der Waals surface area contributed by atoms with Gasteiger partial charge in [0, 0.05) is 6.42 Å². The van der Waals surface area contributed by atoms with Gasteiger partial charge in [0.15, 0.2) is 0 Å². The SMILES string of the molecule is CCCCCCCCCCCCC/C=C/C(O)[C@H](CO)NC(=O)CCCCCCCCCCCCCCCCCCC. The van der Waals surface area contributed by atoms with Crippen molar-refractivity contribution >= 4 is 5.91 Å². The molecule has 1 unspecified atom stereocenters. The van der Waals surface area contributed by atoms with Crippen LogP contribution < -0.4 is 5.32 Å². The average Bonchev–Trinajstić information content (AvgIpc) is 2.99. The van der Waals surface area contributed by atoms with Gasteiger partial charge in [-0.3, -0.25) is 4.79 Å². The van der Waals surface area contributed by atoms with Crippen molar-refractivity contribution in [1.82, 2.24) is 5.32 Å². The van der Waals surface area contributed by atoms with Gasteiger partial charge in [0.1, 0.15) is 0 Å². The molecule has 0 bridgehead atoms. The summed E-state index contributed by atoms with van der Waals surface area (Å²) in [6.45, 7) is 4.31. The maximum absolute atomic E-state index is 12.3. The lowest BCUT2D eigenvalue weighted by Gasteiger charge is -2.20. The van der Waals surface area contributed by atoms with E-state index in [9.17, 15) is 15.0 Å². The topological polar surface area (TPSA) is 69.6 Å². The number of rotatable bonds is 34. The van der Waals surface area contributed by atoms with E-state index < -0.39 is 12.1 Å². The van der Waals surface area contributed by atoms with Crippen molar-refractivity contribution < 1.29 is 15.0 Å². The minimum Gasteiger partial charge on any atom is -0.394 e. The lowest BCUT2D eigenvalue weighted by molar-refractivity contribution is -0.123. The van der Waals surface area contributed by atoms with Gasteiger partial charge in [-0.2, -0.15) is 0 Å². The van der Waals surface area contributed by atoms with Gasteiger partial charge in [-0.25, -0.2) is 0 Å². The second-order valence-corrected chi connectivity index (χ2v) is 13.0. The molecule has 0 spiro atoms. The van der Waals surface area contributed by atoms with Crippen molar-refractivity contribution in [3.63, 3.8) is 0 Å². The van der Waals surface area contributed by atoms with E-state index in [0.717, 1.165) is 25.7 Å². The number of nitrogens with one attached hydrogen (secondary N) is 1. The molecule has 0 aromatic heterocycles. The molecule has 250 valence electrons. The van der Waals surface area contributed by atoms with Gasteiger partial charge < -0.3 is 15.5 Å². The minimum atomic E-state index is -0.831. The first-order chi connectivity index (χ1) is 20.7. The molecule has 3 N–H and O–H groups in total.